The van der Waals surface area contributed by atoms with Crippen LogP contribution in [0.3, 0.4) is 0 Å². The Morgan fingerprint density at radius 1 is 1.17 bits per heavy atom. The fourth-order valence-corrected chi connectivity index (χ4v) is 5.41. The number of carbonyl (C=O) groups is 2. The summed E-state index contributed by atoms with van der Waals surface area (Å²) in [4.78, 5) is 49.2. The molecule has 0 unspecified atom stereocenters. The van der Waals surface area contributed by atoms with Crippen molar-refractivity contribution in [2.45, 2.75) is 33.1 Å². The predicted octanol–water partition coefficient (Wildman–Crippen LogP) is 3.36. The van der Waals surface area contributed by atoms with Gasteiger partial charge in [-0.2, -0.15) is 0 Å². The van der Waals surface area contributed by atoms with E-state index in [2.05, 4.69) is 6.92 Å². The van der Waals surface area contributed by atoms with Crippen LogP contribution < -0.4 is 10.5 Å². The van der Waals surface area contributed by atoms with Gasteiger partial charge in [-0.1, -0.05) is 49.8 Å². The van der Waals surface area contributed by atoms with E-state index in [1.54, 1.807) is 41.1 Å². The third kappa shape index (κ3) is 5.35. The van der Waals surface area contributed by atoms with Crippen LogP contribution >= 0.6 is 24.0 Å². The number of pyridine rings is 1. The van der Waals surface area contributed by atoms with Gasteiger partial charge in [0.25, 0.3) is 11.5 Å². The second-order valence-corrected chi connectivity index (χ2v) is 9.97. The van der Waals surface area contributed by atoms with Crippen molar-refractivity contribution in [1.29, 1.82) is 0 Å². The van der Waals surface area contributed by atoms with E-state index >= 15 is 0 Å². The first kappa shape index (κ1) is 25.2. The minimum Gasteiger partial charge on any atom is -0.450 e. The number of piperazine rings is 1. The lowest BCUT2D eigenvalue weighted by molar-refractivity contribution is -0.122. The summed E-state index contributed by atoms with van der Waals surface area (Å²) in [6.07, 6.45) is 5.91. The summed E-state index contributed by atoms with van der Waals surface area (Å²) in [6, 6.07) is 5.37. The number of unbranched alkanes of at least 4 members (excludes halogenated alkanes) is 2. The lowest BCUT2D eigenvalue weighted by Gasteiger charge is -2.35. The molecule has 0 radical (unpaired) electrons. The fraction of sp³-hybridized carbons (Fsp3) is 0.458. The standard InChI is InChI=1S/C24H29N5O4S2/c1-3-5-7-11-29-22(31)18(35-24(29)34)16-17-20(25-19-9-6-8-10-28(19)21(17)30)26-12-14-27(15-13-26)23(32)33-4-2/h6,8-10,16H,3-5,7,11-15H2,1-2H3/b18-16-. The monoisotopic (exact) mass is 515 g/mol. The Labute approximate surface area is 213 Å². The predicted molar refractivity (Wildman–Crippen MR) is 142 cm³/mol. The molecule has 9 nitrogen and oxygen atoms in total. The Bertz CT molecular complexity index is 1220. The van der Waals surface area contributed by atoms with Gasteiger partial charge in [-0.05, 0) is 31.6 Å². The van der Waals surface area contributed by atoms with Gasteiger partial charge in [0.05, 0.1) is 17.1 Å². The van der Waals surface area contributed by atoms with Crippen LogP contribution in [0.4, 0.5) is 10.6 Å². The van der Waals surface area contributed by atoms with Crippen LogP contribution in [0.25, 0.3) is 11.7 Å². The van der Waals surface area contributed by atoms with Crippen molar-refractivity contribution in [3.05, 3.63) is 45.2 Å². The van der Waals surface area contributed by atoms with Crippen molar-refractivity contribution in [3.8, 4) is 0 Å². The number of aromatic nitrogens is 2. The van der Waals surface area contributed by atoms with Crippen LogP contribution in [-0.2, 0) is 9.53 Å². The smallest absolute Gasteiger partial charge is 0.409 e. The summed E-state index contributed by atoms with van der Waals surface area (Å²) >= 11 is 6.67. The highest BCUT2D eigenvalue weighted by Gasteiger charge is 2.33. The molecule has 0 aromatic carbocycles. The number of thioether (sulfide) groups is 1. The molecule has 2 fully saturated rings. The molecule has 0 atom stereocenters. The van der Waals surface area contributed by atoms with E-state index < -0.39 is 0 Å². The lowest BCUT2D eigenvalue weighted by Crippen LogP contribution is -2.49. The zero-order valence-corrected chi connectivity index (χ0v) is 21.6. The van der Waals surface area contributed by atoms with Crippen molar-refractivity contribution in [2.24, 2.45) is 0 Å². The van der Waals surface area contributed by atoms with Crippen LogP contribution in [0.15, 0.2) is 34.1 Å². The van der Waals surface area contributed by atoms with Crippen molar-refractivity contribution in [3.63, 3.8) is 0 Å². The number of rotatable bonds is 7. The molecule has 0 aliphatic carbocycles. The summed E-state index contributed by atoms with van der Waals surface area (Å²) in [5, 5.41) is 0. The third-order valence-corrected chi connectivity index (χ3v) is 7.37. The molecule has 0 bridgehead atoms. The molecule has 186 valence electrons. The Morgan fingerprint density at radius 3 is 2.66 bits per heavy atom. The number of hydrogen-bond donors (Lipinski definition) is 0. The average molecular weight is 516 g/mol. The topological polar surface area (TPSA) is 87.5 Å². The van der Waals surface area contributed by atoms with Gasteiger partial charge in [0.1, 0.15) is 15.8 Å². The number of carbonyl (C=O) groups excluding carboxylic acids is 2. The maximum atomic E-state index is 13.5. The Kier molecular flexibility index (Phi) is 8.07. The molecule has 4 heterocycles. The minimum atomic E-state index is -0.342. The highest BCUT2D eigenvalue weighted by atomic mass is 32.2. The average Bonchev–Trinajstić information content (AvgIpc) is 3.13. The zero-order chi connectivity index (χ0) is 24.9. The number of nitrogens with zero attached hydrogens (tertiary/aromatic N) is 5. The highest BCUT2D eigenvalue weighted by Crippen LogP contribution is 2.34. The van der Waals surface area contributed by atoms with E-state index in [0.717, 1.165) is 19.3 Å². The number of anilines is 1. The lowest BCUT2D eigenvalue weighted by atomic mass is 10.2. The van der Waals surface area contributed by atoms with Gasteiger partial charge in [0.2, 0.25) is 0 Å². The number of thiocarbonyl (C=S) groups is 1. The van der Waals surface area contributed by atoms with Crippen LogP contribution in [0.5, 0.6) is 0 Å². The van der Waals surface area contributed by atoms with Crippen molar-refractivity contribution < 1.29 is 14.3 Å². The number of hydrogen-bond acceptors (Lipinski definition) is 8. The minimum absolute atomic E-state index is 0.174. The molecule has 4 rings (SSSR count). The van der Waals surface area contributed by atoms with E-state index in [4.69, 9.17) is 21.9 Å². The van der Waals surface area contributed by atoms with E-state index in [1.807, 2.05) is 11.0 Å². The number of amides is 2. The van der Waals surface area contributed by atoms with E-state index in [9.17, 15) is 14.4 Å². The number of fused-ring (bicyclic) bond motifs is 1. The first-order valence-electron chi connectivity index (χ1n) is 11.9. The fourth-order valence-electron chi connectivity index (χ4n) is 4.12. The van der Waals surface area contributed by atoms with Gasteiger partial charge in [-0.15, -0.1) is 0 Å². The van der Waals surface area contributed by atoms with Gasteiger partial charge < -0.3 is 14.5 Å². The quantitative estimate of drug-likeness (QED) is 0.315. The summed E-state index contributed by atoms with van der Waals surface area (Å²) in [6.45, 7) is 6.68. The van der Waals surface area contributed by atoms with Crippen LogP contribution in [-0.4, -0.2) is 74.8 Å². The third-order valence-electron chi connectivity index (χ3n) is 5.99. The molecule has 2 aliphatic heterocycles. The molecule has 0 N–H and O–H groups in total. The van der Waals surface area contributed by atoms with Crippen LogP contribution in [0.2, 0.25) is 0 Å². The first-order valence-corrected chi connectivity index (χ1v) is 13.1. The molecule has 0 spiro atoms. The maximum Gasteiger partial charge on any atom is 0.409 e. The first-order chi connectivity index (χ1) is 16.9. The molecular weight excluding hydrogens is 486 g/mol. The molecule has 2 amide bonds. The van der Waals surface area contributed by atoms with Crippen molar-refractivity contribution in [2.75, 3.05) is 44.2 Å². The Hall–Kier alpha value is -2.92. The molecule has 2 aromatic rings. The maximum absolute atomic E-state index is 13.5. The second-order valence-electron chi connectivity index (χ2n) is 8.30. The molecule has 35 heavy (non-hydrogen) atoms. The Morgan fingerprint density at radius 2 is 1.94 bits per heavy atom. The van der Waals surface area contributed by atoms with Crippen molar-refractivity contribution >= 4 is 57.8 Å². The molecule has 2 saturated heterocycles. The Balaban J connectivity index is 1.68. The van der Waals surface area contributed by atoms with Gasteiger partial charge in [0, 0.05) is 38.9 Å². The van der Waals surface area contributed by atoms with E-state index in [1.165, 1.54) is 16.2 Å². The van der Waals surface area contributed by atoms with Gasteiger partial charge in [-0.25, -0.2) is 9.78 Å². The van der Waals surface area contributed by atoms with E-state index in [-0.39, 0.29) is 17.6 Å². The molecule has 11 heteroatoms. The van der Waals surface area contributed by atoms with Crippen LogP contribution in [0, 0.1) is 0 Å². The molecule has 2 aromatic heterocycles. The molecular formula is C24H29N5O4S2. The van der Waals surface area contributed by atoms with Crippen molar-refractivity contribution in [1.82, 2.24) is 19.2 Å². The van der Waals surface area contributed by atoms with Gasteiger partial charge in [-0.3, -0.25) is 18.9 Å². The summed E-state index contributed by atoms with van der Waals surface area (Å²) in [7, 11) is 0. The van der Waals surface area contributed by atoms with Crippen LogP contribution in [0.1, 0.15) is 38.7 Å². The molecule has 2 aliphatic rings. The number of ether oxygens (including phenoxy) is 1. The summed E-state index contributed by atoms with van der Waals surface area (Å²) in [5.74, 6) is 0.327. The zero-order valence-electron chi connectivity index (χ0n) is 19.9. The second kappa shape index (κ2) is 11.2. The van der Waals surface area contributed by atoms with Gasteiger partial charge >= 0.3 is 6.09 Å². The normalized spacial score (nSPS) is 17.7. The summed E-state index contributed by atoms with van der Waals surface area (Å²) in [5.41, 5.74) is 0.603. The largest absolute Gasteiger partial charge is 0.450 e. The van der Waals surface area contributed by atoms with E-state index in [0.29, 0.717) is 65.6 Å². The summed E-state index contributed by atoms with van der Waals surface area (Å²) < 4.78 is 7.10. The van der Waals surface area contributed by atoms with Gasteiger partial charge in [0.15, 0.2) is 0 Å². The SMILES string of the molecule is CCCCCN1C(=O)/C(=C/c2c(N3CCN(C(=O)OCC)CC3)nc3ccccn3c2=O)SC1=S. The highest BCUT2D eigenvalue weighted by molar-refractivity contribution is 8.26. The molecule has 0 saturated carbocycles.